The highest BCUT2D eigenvalue weighted by atomic mass is 32.1. The van der Waals surface area contributed by atoms with Crippen LogP contribution in [-0.2, 0) is 0 Å². The zero-order chi connectivity index (χ0) is 11.1. The summed E-state index contributed by atoms with van der Waals surface area (Å²) in [4.78, 5) is 1.36. The van der Waals surface area contributed by atoms with Crippen molar-refractivity contribution >= 4 is 17.4 Å². The lowest BCUT2D eigenvalue weighted by molar-refractivity contribution is 0.569. The van der Waals surface area contributed by atoms with Crippen molar-refractivity contribution in [1.82, 2.24) is 5.32 Å². The van der Waals surface area contributed by atoms with Gasteiger partial charge < -0.3 is 5.32 Å². The molecule has 1 N–H and O–H groups in total. The summed E-state index contributed by atoms with van der Waals surface area (Å²) in [5, 5.41) is 5.61. The van der Waals surface area contributed by atoms with Crippen LogP contribution < -0.4 is 5.32 Å². The predicted octanol–water partition coefficient (Wildman–Crippen LogP) is 3.79. The van der Waals surface area contributed by atoms with E-state index in [1.54, 1.807) is 11.3 Å². The second-order valence-corrected chi connectivity index (χ2v) is 5.18. The summed E-state index contributed by atoms with van der Waals surface area (Å²) in [7, 11) is 0. The van der Waals surface area contributed by atoms with E-state index in [9.17, 15) is 0 Å². The summed E-state index contributed by atoms with van der Waals surface area (Å²) in [5.41, 5.74) is 1.48. The van der Waals surface area contributed by atoms with Gasteiger partial charge in [0, 0.05) is 11.4 Å². The predicted molar refractivity (Wildman–Crippen MR) is 70.3 cm³/mol. The Morgan fingerprint density at radius 1 is 1.53 bits per heavy atom. The average molecular weight is 223 g/mol. The van der Waals surface area contributed by atoms with Crippen LogP contribution in [-0.4, -0.2) is 13.1 Å². The molecule has 15 heavy (non-hydrogen) atoms. The van der Waals surface area contributed by atoms with Gasteiger partial charge in [0.25, 0.3) is 0 Å². The van der Waals surface area contributed by atoms with Gasteiger partial charge in [-0.05, 0) is 36.4 Å². The molecule has 0 spiro atoms. The molecule has 84 valence electrons. The van der Waals surface area contributed by atoms with Crippen molar-refractivity contribution in [1.29, 1.82) is 0 Å². The van der Waals surface area contributed by atoms with Crippen molar-refractivity contribution in [2.24, 2.45) is 5.92 Å². The van der Waals surface area contributed by atoms with E-state index >= 15 is 0 Å². The Bertz CT molecular complexity index is 285. The van der Waals surface area contributed by atoms with E-state index in [0.29, 0.717) is 0 Å². The minimum atomic E-state index is 0.727. The van der Waals surface area contributed by atoms with Gasteiger partial charge in [-0.2, -0.15) is 0 Å². The molecule has 0 bridgehead atoms. The Morgan fingerprint density at radius 2 is 2.33 bits per heavy atom. The molecule has 0 aromatic carbocycles. The summed E-state index contributed by atoms with van der Waals surface area (Å²) in [6.07, 6.45) is 3.43. The van der Waals surface area contributed by atoms with Crippen LogP contribution in [0.3, 0.4) is 0 Å². The smallest absolute Gasteiger partial charge is 0.0270 e. The number of nitrogens with one attached hydrogen (secondary N) is 1. The number of hydrogen-bond acceptors (Lipinski definition) is 2. The monoisotopic (exact) mass is 223 g/mol. The fraction of sp³-hybridized carbons (Fsp3) is 0.538. The lowest BCUT2D eigenvalue weighted by Crippen LogP contribution is -2.21. The normalized spacial score (nSPS) is 12.4. The Morgan fingerprint density at radius 3 is 2.87 bits per heavy atom. The maximum absolute atomic E-state index is 3.48. The van der Waals surface area contributed by atoms with E-state index in [-0.39, 0.29) is 0 Å². The summed E-state index contributed by atoms with van der Waals surface area (Å²) < 4.78 is 0. The van der Waals surface area contributed by atoms with Gasteiger partial charge in [0.2, 0.25) is 0 Å². The van der Waals surface area contributed by atoms with Crippen LogP contribution in [0.4, 0.5) is 0 Å². The molecule has 1 heterocycles. The highest BCUT2D eigenvalue weighted by Crippen LogP contribution is 2.14. The van der Waals surface area contributed by atoms with E-state index in [1.807, 2.05) is 0 Å². The van der Waals surface area contributed by atoms with Crippen molar-refractivity contribution < 1.29 is 0 Å². The molecule has 0 unspecified atom stereocenters. The topological polar surface area (TPSA) is 12.0 Å². The molecular weight excluding hydrogens is 202 g/mol. The standard InChI is InChI=1S/C13H21NS/c1-4-12(10-14-9-11(2)3)8-13-6-5-7-15-13/h5-8,11,14H,4,9-10H2,1-3H3. The highest BCUT2D eigenvalue weighted by Gasteiger charge is 1.97. The first-order valence-corrected chi connectivity index (χ1v) is 6.54. The van der Waals surface area contributed by atoms with Crippen LogP contribution in [0.25, 0.3) is 6.08 Å². The third-order valence-corrected chi connectivity index (χ3v) is 3.07. The first-order chi connectivity index (χ1) is 7.22. The quantitative estimate of drug-likeness (QED) is 0.773. The first kappa shape index (κ1) is 12.5. The van der Waals surface area contributed by atoms with Gasteiger partial charge in [-0.15, -0.1) is 11.3 Å². The second-order valence-electron chi connectivity index (χ2n) is 4.20. The van der Waals surface area contributed by atoms with Gasteiger partial charge in [-0.25, -0.2) is 0 Å². The van der Waals surface area contributed by atoms with Crippen LogP contribution in [0.2, 0.25) is 0 Å². The summed E-state index contributed by atoms with van der Waals surface area (Å²) in [6, 6.07) is 4.27. The number of rotatable bonds is 6. The van der Waals surface area contributed by atoms with E-state index < -0.39 is 0 Å². The highest BCUT2D eigenvalue weighted by molar-refractivity contribution is 7.10. The fourth-order valence-electron chi connectivity index (χ4n) is 1.37. The number of thiophene rings is 1. The zero-order valence-electron chi connectivity index (χ0n) is 9.92. The molecule has 1 nitrogen and oxygen atoms in total. The lowest BCUT2D eigenvalue weighted by atomic mass is 10.1. The molecular formula is C13H21NS. The molecule has 0 aliphatic heterocycles. The van der Waals surface area contributed by atoms with Gasteiger partial charge >= 0.3 is 0 Å². The van der Waals surface area contributed by atoms with Crippen LogP contribution in [0.5, 0.6) is 0 Å². The summed E-state index contributed by atoms with van der Waals surface area (Å²) >= 11 is 1.80. The Hall–Kier alpha value is -0.600. The molecule has 2 heteroatoms. The van der Waals surface area contributed by atoms with Crippen LogP contribution in [0, 0.1) is 5.92 Å². The minimum Gasteiger partial charge on any atom is -0.313 e. The average Bonchev–Trinajstić information content (AvgIpc) is 2.68. The Balaban J connectivity index is 2.42. The largest absolute Gasteiger partial charge is 0.313 e. The zero-order valence-corrected chi connectivity index (χ0v) is 10.7. The molecule has 0 fully saturated rings. The van der Waals surface area contributed by atoms with Crippen molar-refractivity contribution in [2.75, 3.05) is 13.1 Å². The number of hydrogen-bond donors (Lipinski definition) is 1. The third-order valence-electron chi connectivity index (χ3n) is 2.25. The van der Waals surface area contributed by atoms with Crippen molar-refractivity contribution in [2.45, 2.75) is 27.2 Å². The van der Waals surface area contributed by atoms with Gasteiger partial charge in [0.05, 0.1) is 0 Å². The molecule has 1 rings (SSSR count). The minimum absolute atomic E-state index is 0.727. The van der Waals surface area contributed by atoms with Crippen LogP contribution in [0.15, 0.2) is 23.1 Å². The van der Waals surface area contributed by atoms with Crippen LogP contribution >= 0.6 is 11.3 Å². The molecule has 0 aliphatic carbocycles. The van der Waals surface area contributed by atoms with Crippen molar-refractivity contribution in [3.05, 3.63) is 28.0 Å². The lowest BCUT2D eigenvalue weighted by Gasteiger charge is -2.09. The van der Waals surface area contributed by atoms with Gasteiger partial charge in [-0.3, -0.25) is 0 Å². The van der Waals surface area contributed by atoms with Gasteiger partial charge in [-0.1, -0.05) is 32.4 Å². The van der Waals surface area contributed by atoms with Gasteiger partial charge in [0.1, 0.15) is 0 Å². The third kappa shape index (κ3) is 5.14. The molecule has 1 aromatic rings. The van der Waals surface area contributed by atoms with E-state index in [1.165, 1.54) is 10.5 Å². The molecule has 0 amide bonds. The maximum atomic E-state index is 3.48. The Labute approximate surface area is 97.2 Å². The molecule has 0 aliphatic rings. The molecule has 0 atom stereocenters. The van der Waals surface area contributed by atoms with Crippen LogP contribution in [0.1, 0.15) is 32.1 Å². The maximum Gasteiger partial charge on any atom is 0.0270 e. The molecule has 0 radical (unpaired) electrons. The SMILES string of the molecule is CCC(=Cc1cccs1)CNCC(C)C. The van der Waals surface area contributed by atoms with Crippen molar-refractivity contribution in [3.63, 3.8) is 0 Å². The molecule has 0 saturated heterocycles. The molecule has 0 saturated carbocycles. The summed E-state index contributed by atoms with van der Waals surface area (Å²) in [6.45, 7) is 8.81. The summed E-state index contributed by atoms with van der Waals surface area (Å²) in [5.74, 6) is 0.727. The van der Waals surface area contributed by atoms with Crippen molar-refractivity contribution in [3.8, 4) is 0 Å². The van der Waals surface area contributed by atoms with E-state index in [0.717, 1.165) is 25.4 Å². The second kappa shape index (κ2) is 6.81. The Kier molecular flexibility index (Phi) is 5.66. The molecule has 1 aromatic heterocycles. The first-order valence-electron chi connectivity index (χ1n) is 5.66. The van der Waals surface area contributed by atoms with Gasteiger partial charge in [0.15, 0.2) is 0 Å². The van der Waals surface area contributed by atoms with E-state index in [2.05, 4.69) is 49.7 Å². The van der Waals surface area contributed by atoms with E-state index in [4.69, 9.17) is 0 Å². The fourth-order valence-corrected chi connectivity index (χ4v) is 2.08.